The molecule has 0 aliphatic carbocycles. The van der Waals surface area contributed by atoms with E-state index in [0.717, 1.165) is 17.5 Å². The quantitative estimate of drug-likeness (QED) is 0.667. The molecule has 1 aromatic heterocycles. The molecule has 23 heavy (non-hydrogen) atoms. The van der Waals surface area contributed by atoms with Gasteiger partial charge in [-0.1, -0.05) is 36.4 Å². The highest BCUT2D eigenvalue weighted by Crippen LogP contribution is 2.29. The van der Waals surface area contributed by atoms with Crippen LogP contribution in [-0.4, -0.2) is 0 Å². The van der Waals surface area contributed by atoms with Crippen LogP contribution >= 0.6 is 0 Å². The first kappa shape index (κ1) is 15.1. The summed E-state index contributed by atoms with van der Waals surface area (Å²) in [6, 6.07) is 13.5. The van der Waals surface area contributed by atoms with E-state index in [1.165, 1.54) is 12.1 Å². The molecule has 3 rings (SSSR count). The van der Waals surface area contributed by atoms with Gasteiger partial charge in [0, 0.05) is 0 Å². The zero-order chi connectivity index (χ0) is 16.4. The molecule has 0 aliphatic rings. The standard InChI is InChI=1S/C18H11F3O2/c19-18(20,21)14-8-5-12(6-9-14)7-10-15-11-13-3-1-2-4-16(13)17(22)23-15/h1-11H/b10-7+. The van der Waals surface area contributed by atoms with E-state index in [-0.39, 0.29) is 0 Å². The average Bonchev–Trinajstić information content (AvgIpc) is 2.52. The molecule has 0 N–H and O–H groups in total. The minimum atomic E-state index is -4.35. The van der Waals surface area contributed by atoms with Crippen molar-refractivity contribution in [1.82, 2.24) is 0 Å². The van der Waals surface area contributed by atoms with Crippen LogP contribution in [0.25, 0.3) is 22.9 Å². The number of hydrogen-bond acceptors (Lipinski definition) is 2. The number of alkyl halides is 3. The smallest absolute Gasteiger partial charge is 0.416 e. The van der Waals surface area contributed by atoms with Gasteiger partial charge in [-0.15, -0.1) is 0 Å². The van der Waals surface area contributed by atoms with Crippen molar-refractivity contribution in [2.24, 2.45) is 0 Å². The molecule has 0 spiro atoms. The average molecular weight is 316 g/mol. The van der Waals surface area contributed by atoms with Crippen LogP contribution in [0.1, 0.15) is 16.9 Å². The molecular formula is C18H11F3O2. The lowest BCUT2D eigenvalue weighted by Crippen LogP contribution is -2.03. The highest BCUT2D eigenvalue weighted by Gasteiger charge is 2.29. The molecule has 0 unspecified atom stereocenters. The molecule has 0 saturated carbocycles. The highest BCUT2D eigenvalue weighted by molar-refractivity contribution is 5.83. The normalized spacial score (nSPS) is 12.1. The number of hydrogen-bond donors (Lipinski definition) is 0. The fraction of sp³-hybridized carbons (Fsp3) is 0.0556. The second-order valence-corrected chi connectivity index (χ2v) is 4.98. The summed E-state index contributed by atoms with van der Waals surface area (Å²) in [6.45, 7) is 0. The highest BCUT2D eigenvalue weighted by atomic mass is 19.4. The Kier molecular flexibility index (Phi) is 3.78. The molecule has 1 heterocycles. The summed E-state index contributed by atoms with van der Waals surface area (Å²) in [6.07, 6.45) is -1.21. The molecule has 0 atom stereocenters. The SMILES string of the molecule is O=c1oc(/C=C/c2ccc(C(F)(F)F)cc2)cc2ccccc12. The van der Waals surface area contributed by atoms with E-state index in [0.29, 0.717) is 16.7 Å². The first-order valence-corrected chi connectivity index (χ1v) is 6.82. The van der Waals surface area contributed by atoms with Gasteiger partial charge in [-0.05, 0) is 41.3 Å². The van der Waals surface area contributed by atoms with Crippen molar-refractivity contribution in [1.29, 1.82) is 0 Å². The van der Waals surface area contributed by atoms with Gasteiger partial charge in [-0.2, -0.15) is 13.2 Å². The predicted molar refractivity (Wildman–Crippen MR) is 82.9 cm³/mol. The molecule has 0 bridgehead atoms. The Labute approximate surface area is 129 Å². The van der Waals surface area contributed by atoms with Gasteiger partial charge in [0.2, 0.25) is 0 Å². The van der Waals surface area contributed by atoms with Gasteiger partial charge in [0.15, 0.2) is 0 Å². The molecule has 0 amide bonds. The second kappa shape index (κ2) is 5.76. The monoisotopic (exact) mass is 316 g/mol. The van der Waals surface area contributed by atoms with Crippen LogP contribution in [0.15, 0.2) is 63.8 Å². The Hall–Kier alpha value is -2.82. The maximum absolute atomic E-state index is 12.5. The van der Waals surface area contributed by atoms with E-state index >= 15 is 0 Å². The fourth-order valence-electron chi connectivity index (χ4n) is 2.20. The van der Waals surface area contributed by atoms with Gasteiger partial charge in [0.25, 0.3) is 0 Å². The number of fused-ring (bicyclic) bond motifs is 1. The summed E-state index contributed by atoms with van der Waals surface area (Å²) in [5.74, 6) is 0.341. The van der Waals surface area contributed by atoms with Crippen molar-refractivity contribution in [2.45, 2.75) is 6.18 Å². The van der Waals surface area contributed by atoms with Crippen LogP contribution in [0.5, 0.6) is 0 Å². The molecule has 3 aromatic rings. The zero-order valence-electron chi connectivity index (χ0n) is 11.8. The zero-order valence-corrected chi connectivity index (χ0v) is 11.8. The minimum Gasteiger partial charge on any atom is -0.423 e. The molecule has 0 fully saturated rings. The molecular weight excluding hydrogens is 305 g/mol. The van der Waals surface area contributed by atoms with Gasteiger partial charge in [-0.25, -0.2) is 4.79 Å². The number of halogens is 3. The van der Waals surface area contributed by atoms with Gasteiger partial charge < -0.3 is 4.42 Å². The lowest BCUT2D eigenvalue weighted by molar-refractivity contribution is -0.137. The maximum Gasteiger partial charge on any atom is 0.416 e. The van der Waals surface area contributed by atoms with Crippen LogP contribution in [-0.2, 0) is 6.18 Å². The Bertz CT molecular complexity index is 919. The van der Waals surface area contributed by atoms with Crippen molar-refractivity contribution in [3.05, 3.63) is 81.9 Å². The molecule has 5 heteroatoms. The van der Waals surface area contributed by atoms with Crippen LogP contribution in [0.4, 0.5) is 13.2 Å². The van der Waals surface area contributed by atoms with Crippen molar-refractivity contribution in [3.63, 3.8) is 0 Å². The Balaban J connectivity index is 1.89. The summed E-state index contributed by atoms with van der Waals surface area (Å²) in [5, 5.41) is 1.23. The first-order valence-electron chi connectivity index (χ1n) is 6.82. The Morgan fingerprint density at radius 1 is 0.913 bits per heavy atom. The third-order valence-electron chi connectivity index (χ3n) is 3.37. The van der Waals surface area contributed by atoms with Crippen LogP contribution in [0, 0.1) is 0 Å². The third kappa shape index (κ3) is 3.34. The second-order valence-electron chi connectivity index (χ2n) is 4.98. The van der Waals surface area contributed by atoms with E-state index in [1.54, 1.807) is 36.4 Å². The number of benzene rings is 2. The van der Waals surface area contributed by atoms with Gasteiger partial charge in [0.05, 0.1) is 10.9 Å². The summed E-state index contributed by atoms with van der Waals surface area (Å²) in [4.78, 5) is 11.8. The minimum absolute atomic E-state index is 0.341. The largest absolute Gasteiger partial charge is 0.423 e. The van der Waals surface area contributed by atoms with Gasteiger partial charge in [0.1, 0.15) is 5.76 Å². The van der Waals surface area contributed by atoms with E-state index in [9.17, 15) is 18.0 Å². The topological polar surface area (TPSA) is 30.2 Å². The van der Waals surface area contributed by atoms with E-state index < -0.39 is 17.4 Å². The van der Waals surface area contributed by atoms with E-state index in [4.69, 9.17) is 4.42 Å². The first-order chi connectivity index (χ1) is 10.9. The lowest BCUT2D eigenvalue weighted by Gasteiger charge is -2.05. The third-order valence-corrected chi connectivity index (χ3v) is 3.37. The number of rotatable bonds is 2. The molecule has 0 saturated heterocycles. The van der Waals surface area contributed by atoms with Crippen molar-refractivity contribution in [3.8, 4) is 0 Å². The van der Waals surface area contributed by atoms with Crippen molar-refractivity contribution >= 4 is 22.9 Å². The molecule has 0 aliphatic heterocycles. The molecule has 116 valence electrons. The maximum atomic E-state index is 12.5. The Morgan fingerprint density at radius 3 is 2.30 bits per heavy atom. The summed E-state index contributed by atoms with van der Waals surface area (Å²) in [7, 11) is 0. The van der Waals surface area contributed by atoms with Crippen LogP contribution in [0.3, 0.4) is 0 Å². The molecule has 2 aromatic carbocycles. The van der Waals surface area contributed by atoms with Gasteiger partial charge >= 0.3 is 11.8 Å². The summed E-state index contributed by atoms with van der Waals surface area (Å²) < 4.78 is 42.7. The van der Waals surface area contributed by atoms with Crippen LogP contribution < -0.4 is 5.63 Å². The van der Waals surface area contributed by atoms with Gasteiger partial charge in [-0.3, -0.25) is 0 Å². The van der Waals surface area contributed by atoms with Crippen molar-refractivity contribution < 1.29 is 17.6 Å². The summed E-state index contributed by atoms with van der Waals surface area (Å²) in [5.41, 5.74) is -0.573. The summed E-state index contributed by atoms with van der Waals surface area (Å²) >= 11 is 0. The lowest BCUT2D eigenvalue weighted by atomic mass is 10.1. The molecule has 2 nitrogen and oxygen atoms in total. The van der Waals surface area contributed by atoms with Crippen molar-refractivity contribution in [2.75, 3.05) is 0 Å². The molecule has 0 radical (unpaired) electrons. The fourth-order valence-corrected chi connectivity index (χ4v) is 2.20. The predicted octanol–water partition coefficient (Wildman–Crippen LogP) is 4.98. The van der Waals surface area contributed by atoms with Crippen LogP contribution in [0.2, 0.25) is 0 Å². The van der Waals surface area contributed by atoms with E-state index in [1.807, 2.05) is 6.07 Å². The van der Waals surface area contributed by atoms with E-state index in [2.05, 4.69) is 0 Å². The Morgan fingerprint density at radius 2 is 1.61 bits per heavy atom.